The van der Waals surface area contributed by atoms with Crippen LogP contribution in [-0.4, -0.2) is 30.1 Å². The van der Waals surface area contributed by atoms with Crippen LogP contribution in [0, 0.1) is 19.8 Å². The summed E-state index contributed by atoms with van der Waals surface area (Å²) in [4.78, 5) is 12.6. The van der Waals surface area contributed by atoms with Gasteiger partial charge in [0, 0.05) is 23.6 Å². The maximum absolute atomic E-state index is 12.6. The molecule has 0 aliphatic carbocycles. The fourth-order valence-electron chi connectivity index (χ4n) is 3.40. The van der Waals surface area contributed by atoms with Gasteiger partial charge >= 0.3 is 0 Å². The van der Waals surface area contributed by atoms with Crippen LogP contribution in [0.1, 0.15) is 34.6 Å². The van der Waals surface area contributed by atoms with Crippen molar-refractivity contribution in [3.63, 3.8) is 0 Å². The predicted molar refractivity (Wildman–Crippen MR) is 93.2 cm³/mol. The minimum Gasteiger partial charge on any atom is -0.352 e. The summed E-state index contributed by atoms with van der Waals surface area (Å²) >= 11 is 0. The molecule has 0 spiro atoms. The molecule has 1 unspecified atom stereocenters. The summed E-state index contributed by atoms with van der Waals surface area (Å²) in [5, 5.41) is 6.50. The van der Waals surface area contributed by atoms with Gasteiger partial charge in [-0.25, -0.2) is 0 Å². The monoisotopic (exact) mass is 311 g/mol. The van der Waals surface area contributed by atoms with E-state index in [1.165, 1.54) is 12.8 Å². The Hall–Kier alpha value is -2.07. The molecule has 122 valence electrons. The SMILES string of the molecule is Cc1cc(C(=O)NCC2CCCNC2)c(C)n1-c1ccccc1. The minimum absolute atomic E-state index is 0.0332. The molecule has 3 rings (SSSR count). The Labute approximate surface area is 137 Å². The van der Waals surface area contributed by atoms with Crippen LogP contribution < -0.4 is 10.6 Å². The van der Waals surface area contributed by atoms with E-state index in [2.05, 4.69) is 27.3 Å². The van der Waals surface area contributed by atoms with E-state index in [1.807, 2.05) is 38.1 Å². The lowest BCUT2D eigenvalue weighted by Crippen LogP contribution is -2.38. The maximum atomic E-state index is 12.6. The second kappa shape index (κ2) is 7.01. The maximum Gasteiger partial charge on any atom is 0.253 e. The molecule has 0 bridgehead atoms. The summed E-state index contributed by atoms with van der Waals surface area (Å²) in [6.45, 7) is 6.91. The Balaban J connectivity index is 1.74. The third kappa shape index (κ3) is 3.48. The fourth-order valence-corrected chi connectivity index (χ4v) is 3.40. The van der Waals surface area contributed by atoms with Gasteiger partial charge in [0.05, 0.1) is 5.56 Å². The lowest BCUT2D eigenvalue weighted by atomic mass is 10.00. The van der Waals surface area contributed by atoms with Crippen molar-refractivity contribution in [2.75, 3.05) is 19.6 Å². The molecule has 4 heteroatoms. The van der Waals surface area contributed by atoms with Crippen LogP contribution in [0.25, 0.3) is 5.69 Å². The number of aromatic nitrogens is 1. The number of piperidine rings is 1. The minimum atomic E-state index is 0.0332. The van der Waals surface area contributed by atoms with E-state index in [1.54, 1.807) is 0 Å². The molecule has 1 aromatic carbocycles. The number of para-hydroxylation sites is 1. The zero-order valence-electron chi connectivity index (χ0n) is 13.9. The second-order valence-corrected chi connectivity index (χ2v) is 6.38. The summed E-state index contributed by atoms with van der Waals surface area (Å²) in [5.74, 6) is 0.580. The number of nitrogens with one attached hydrogen (secondary N) is 2. The van der Waals surface area contributed by atoms with E-state index >= 15 is 0 Å². The normalized spacial score (nSPS) is 17.9. The van der Waals surface area contributed by atoms with E-state index in [0.29, 0.717) is 5.92 Å². The molecule has 1 aliphatic rings. The van der Waals surface area contributed by atoms with Gasteiger partial charge in [-0.15, -0.1) is 0 Å². The molecule has 2 N–H and O–H groups in total. The summed E-state index contributed by atoms with van der Waals surface area (Å²) in [6.07, 6.45) is 2.39. The van der Waals surface area contributed by atoms with Gasteiger partial charge in [-0.1, -0.05) is 18.2 Å². The zero-order chi connectivity index (χ0) is 16.2. The van der Waals surface area contributed by atoms with Gasteiger partial charge in [-0.05, 0) is 63.9 Å². The highest BCUT2D eigenvalue weighted by atomic mass is 16.1. The molecule has 1 aromatic heterocycles. The number of carbonyl (C=O) groups excluding carboxylic acids is 1. The number of hydrogen-bond acceptors (Lipinski definition) is 2. The van der Waals surface area contributed by atoms with Crippen molar-refractivity contribution in [2.45, 2.75) is 26.7 Å². The molecule has 1 amide bonds. The number of benzene rings is 1. The van der Waals surface area contributed by atoms with Gasteiger partial charge in [-0.3, -0.25) is 4.79 Å². The molecule has 1 atom stereocenters. The Morgan fingerprint density at radius 1 is 1.30 bits per heavy atom. The van der Waals surface area contributed by atoms with Crippen LogP contribution in [0.4, 0.5) is 0 Å². The van der Waals surface area contributed by atoms with E-state index in [0.717, 1.165) is 42.3 Å². The van der Waals surface area contributed by atoms with Gasteiger partial charge in [0.1, 0.15) is 0 Å². The van der Waals surface area contributed by atoms with Crippen LogP contribution in [0.2, 0.25) is 0 Å². The number of nitrogens with zero attached hydrogens (tertiary/aromatic N) is 1. The van der Waals surface area contributed by atoms with Crippen molar-refractivity contribution in [3.8, 4) is 5.69 Å². The second-order valence-electron chi connectivity index (χ2n) is 6.38. The Kier molecular flexibility index (Phi) is 4.82. The molecule has 2 aromatic rings. The molecular weight excluding hydrogens is 286 g/mol. The Morgan fingerprint density at radius 3 is 2.78 bits per heavy atom. The van der Waals surface area contributed by atoms with Gasteiger partial charge in [0.2, 0.25) is 0 Å². The smallest absolute Gasteiger partial charge is 0.253 e. The van der Waals surface area contributed by atoms with Crippen LogP contribution in [0.15, 0.2) is 36.4 Å². The van der Waals surface area contributed by atoms with Crippen molar-refractivity contribution < 1.29 is 4.79 Å². The third-order valence-electron chi connectivity index (χ3n) is 4.64. The molecule has 0 radical (unpaired) electrons. The number of hydrogen-bond donors (Lipinski definition) is 2. The largest absolute Gasteiger partial charge is 0.352 e. The predicted octanol–water partition coefficient (Wildman–Crippen LogP) is 2.82. The lowest BCUT2D eigenvalue weighted by Gasteiger charge is -2.22. The average Bonchev–Trinajstić information content (AvgIpc) is 2.89. The van der Waals surface area contributed by atoms with Crippen LogP contribution in [-0.2, 0) is 0 Å². The van der Waals surface area contributed by atoms with Crippen molar-refractivity contribution in [2.24, 2.45) is 5.92 Å². The van der Waals surface area contributed by atoms with Crippen molar-refractivity contribution >= 4 is 5.91 Å². The lowest BCUT2D eigenvalue weighted by molar-refractivity contribution is 0.0944. The van der Waals surface area contributed by atoms with E-state index < -0.39 is 0 Å². The van der Waals surface area contributed by atoms with Gasteiger partial charge < -0.3 is 15.2 Å². The van der Waals surface area contributed by atoms with Crippen LogP contribution >= 0.6 is 0 Å². The number of amides is 1. The highest BCUT2D eigenvalue weighted by Crippen LogP contribution is 2.20. The number of aryl methyl sites for hydroxylation is 1. The van der Waals surface area contributed by atoms with Crippen molar-refractivity contribution in [3.05, 3.63) is 53.3 Å². The molecule has 23 heavy (non-hydrogen) atoms. The number of carbonyl (C=O) groups is 1. The average molecular weight is 311 g/mol. The van der Waals surface area contributed by atoms with Crippen LogP contribution in [0.5, 0.6) is 0 Å². The molecule has 4 nitrogen and oxygen atoms in total. The zero-order valence-corrected chi connectivity index (χ0v) is 13.9. The molecule has 2 heterocycles. The van der Waals surface area contributed by atoms with Crippen molar-refractivity contribution in [1.29, 1.82) is 0 Å². The molecular formula is C19H25N3O. The number of rotatable bonds is 4. The van der Waals surface area contributed by atoms with Crippen LogP contribution in [0.3, 0.4) is 0 Å². The first-order valence-corrected chi connectivity index (χ1v) is 8.40. The molecule has 1 saturated heterocycles. The first kappa shape index (κ1) is 15.8. The highest BCUT2D eigenvalue weighted by molar-refractivity contribution is 5.95. The quantitative estimate of drug-likeness (QED) is 0.912. The summed E-state index contributed by atoms with van der Waals surface area (Å²) in [5.41, 5.74) is 3.94. The first-order valence-electron chi connectivity index (χ1n) is 8.40. The topological polar surface area (TPSA) is 46.1 Å². The summed E-state index contributed by atoms with van der Waals surface area (Å²) in [6, 6.07) is 12.2. The molecule has 1 aliphatic heterocycles. The van der Waals surface area contributed by atoms with Gasteiger partial charge in [-0.2, -0.15) is 0 Å². The fraction of sp³-hybridized carbons (Fsp3) is 0.421. The molecule has 1 fully saturated rings. The Bertz CT molecular complexity index is 669. The van der Waals surface area contributed by atoms with E-state index in [-0.39, 0.29) is 5.91 Å². The standard InChI is InChI=1S/C19H25N3O/c1-14-11-18(15(2)22(14)17-8-4-3-5-9-17)19(23)21-13-16-7-6-10-20-12-16/h3-5,8-9,11,16,20H,6-7,10,12-13H2,1-2H3,(H,21,23). The third-order valence-corrected chi connectivity index (χ3v) is 4.64. The first-order chi connectivity index (χ1) is 11.2. The summed E-state index contributed by atoms with van der Waals surface area (Å²) < 4.78 is 2.14. The van der Waals surface area contributed by atoms with Gasteiger partial charge in [0.25, 0.3) is 5.91 Å². The Morgan fingerprint density at radius 2 is 2.09 bits per heavy atom. The molecule has 0 saturated carbocycles. The van der Waals surface area contributed by atoms with E-state index in [9.17, 15) is 4.79 Å². The van der Waals surface area contributed by atoms with E-state index in [4.69, 9.17) is 0 Å². The van der Waals surface area contributed by atoms with Gasteiger partial charge in [0.15, 0.2) is 0 Å². The highest BCUT2D eigenvalue weighted by Gasteiger charge is 2.18. The van der Waals surface area contributed by atoms with Crippen molar-refractivity contribution in [1.82, 2.24) is 15.2 Å². The summed E-state index contributed by atoms with van der Waals surface area (Å²) in [7, 11) is 0.